The summed E-state index contributed by atoms with van der Waals surface area (Å²) in [6, 6.07) is 0.708. The maximum atomic E-state index is 5.67. The summed E-state index contributed by atoms with van der Waals surface area (Å²) in [4.78, 5) is 2.66. The maximum absolute atomic E-state index is 5.67. The molecule has 100 valence electrons. The first-order valence-corrected chi connectivity index (χ1v) is 7.37. The second-order valence-corrected chi connectivity index (χ2v) is 5.68. The Kier molecular flexibility index (Phi) is 5.26. The van der Waals surface area contributed by atoms with Crippen LogP contribution in [0.3, 0.4) is 0 Å². The Morgan fingerprint density at radius 2 is 2.29 bits per heavy atom. The molecule has 2 saturated heterocycles. The topological polar surface area (TPSA) is 24.5 Å². The Bertz CT molecular complexity index is 222. The molecular weight excluding hydrogens is 212 g/mol. The minimum absolute atomic E-state index is 0.468. The van der Waals surface area contributed by atoms with Gasteiger partial charge >= 0.3 is 0 Å². The predicted octanol–water partition coefficient (Wildman–Crippen LogP) is 1.88. The van der Waals surface area contributed by atoms with E-state index < -0.39 is 0 Å². The minimum atomic E-state index is 0.468. The molecule has 0 aliphatic carbocycles. The maximum Gasteiger partial charge on any atom is 0.0588 e. The van der Waals surface area contributed by atoms with Gasteiger partial charge in [-0.1, -0.05) is 13.3 Å². The molecule has 0 aromatic rings. The second kappa shape index (κ2) is 6.72. The summed E-state index contributed by atoms with van der Waals surface area (Å²) < 4.78 is 5.67. The fourth-order valence-corrected chi connectivity index (χ4v) is 3.13. The van der Waals surface area contributed by atoms with Crippen LogP contribution in [0.1, 0.15) is 39.5 Å². The van der Waals surface area contributed by atoms with E-state index in [1.165, 1.54) is 51.9 Å². The molecule has 0 radical (unpaired) electrons. The molecule has 0 saturated carbocycles. The summed E-state index contributed by atoms with van der Waals surface area (Å²) in [5.74, 6) is 0.760. The zero-order valence-electron chi connectivity index (χ0n) is 11.5. The number of ether oxygens (including phenoxy) is 1. The van der Waals surface area contributed by atoms with E-state index in [9.17, 15) is 0 Å². The molecule has 2 fully saturated rings. The van der Waals surface area contributed by atoms with Crippen molar-refractivity contribution < 1.29 is 4.74 Å². The van der Waals surface area contributed by atoms with Crippen LogP contribution >= 0.6 is 0 Å². The Morgan fingerprint density at radius 3 is 3.00 bits per heavy atom. The van der Waals surface area contributed by atoms with E-state index in [0.29, 0.717) is 12.1 Å². The lowest BCUT2D eigenvalue weighted by atomic mass is 10.0. The highest BCUT2D eigenvalue weighted by Gasteiger charge is 2.27. The highest BCUT2D eigenvalue weighted by Crippen LogP contribution is 2.22. The van der Waals surface area contributed by atoms with Crippen molar-refractivity contribution in [2.24, 2.45) is 5.92 Å². The van der Waals surface area contributed by atoms with Gasteiger partial charge in [-0.2, -0.15) is 0 Å². The smallest absolute Gasteiger partial charge is 0.0588 e. The van der Waals surface area contributed by atoms with Crippen molar-refractivity contribution in [2.75, 3.05) is 32.8 Å². The summed E-state index contributed by atoms with van der Waals surface area (Å²) in [6.45, 7) is 10.4. The zero-order valence-corrected chi connectivity index (χ0v) is 11.5. The van der Waals surface area contributed by atoms with E-state index in [1.807, 2.05) is 0 Å². The number of hydrogen-bond acceptors (Lipinski definition) is 3. The standard InChI is InChI=1S/C14H28N2O/c1-3-5-14-11-16(8-4-7-15-14)10-13-6-9-17-12(13)2/h12-15H,3-11H2,1-2H3. The van der Waals surface area contributed by atoms with Gasteiger partial charge in [0.2, 0.25) is 0 Å². The van der Waals surface area contributed by atoms with Crippen LogP contribution in [-0.4, -0.2) is 49.8 Å². The average Bonchev–Trinajstić information content (AvgIpc) is 2.59. The first kappa shape index (κ1) is 13.3. The van der Waals surface area contributed by atoms with E-state index in [-0.39, 0.29) is 0 Å². The average molecular weight is 240 g/mol. The largest absolute Gasteiger partial charge is 0.378 e. The van der Waals surface area contributed by atoms with Crippen molar-refractivity contribution in [2.45, 2.75) is 51.7 Å². The quantitative estimate of drug-likeness (QED) is 0.812. The third-order valence-corrected chi connectivity index (χ3v) is 4.23. The van der Waals surface area contributed by atoms with Crippen LogP contribution in [0.25, 0.3) is 0 Å². The SMILES string of the molecule is CCCC1CN(CC2CCOC2C)CCCN1. The van der Waals surface area contributed by atoms with Crippen molar-refractivity contribution in [3.63, 3.8) is 0 Å². The van der Waals surface area contributed by atoms with Gasteiger partial charge in [0.1, 0.15) is 0 Å². The lowest BCUT2D eigenvalue weighted by Gasteiger charge is -2.27. The molecule has 3 heteroatoms. The lowest BCUT2D eigenvalue weighted by molar-refractivity contribution is 0.0919. The van der Waals surface area contributed by atoms with Gasteiger partial charge in [-0.3, -0.25) is 0 Å². The number of nitrogens with zero attached hydrogens (tertiary/aromatic N) is 1. The molecular formula is C14H28N2O. The van der Waals surface area contributed by atoms with Gasteiger partial charge < -0.3 is 15.0 Å². The zero-order chi connectivity index (χ0) is 12.1. The highest BCUT2D eigenvalue weighted by molar-refractivity contribution is 4.81. The van der Waals surface area contributed by atoms with Gasteiger partial charge in [0.15, 0.2) is 0 Å². The van der Waals surface area contributed by atoms with E-state index in [1.54, 1.807) is 0 Å². The van der Waals surface area contributed by atoms with Gasteiger partial charge in [-0.05, 0) is 45.2 Å². The lowest BCUT2D eigenvalue weighted by Crippen LogP contribution is -2.40. The molecule has 2 rings (SSSR count). The summed E-state index contributed by atoms with van der Waals surface area (Å²) >= 11 is 0. The molecule has 2 aliphatic heterocycles. The highest BCUT2D eigenvalue weighted by atomic mass is 16.5. The van der Waals surface area contributed by atoms with Crippen LogP contribution in [0.5, 0.6) is 0 Å². The Labute approximate surface area is 106 Å². The van der Waals surface area contributed by atoms with Crippen molar-refractivity contribution in [3.05, 3.63) is 0 Å². The van der Waals surface area contributed by atoms with Crippen LogP contribution in [0, 0.1) is 5.92 Å². The van der Waals surface area contributed by atoms with E-state index in [4.69, 9.17) is 4.74 Å². The monoisotopic (exact) mass is 240 g/mol. The third-order valence-electron chi connectivity index (χ3n) is 4.23. The first-order valence-electron chi connectivity index (χ1n) is 7.37. The third kappa shape index (κ3) is 3.94. The molecule has 3 unspecified atom stereocenters. The van der Waals surface area contributed by atoms with Crippen LogP contribution in [0.4, 0.5) is 0 Å². The van der Waals surface area contributed by atoms with Gasteiger partial charge in [0.05, 0.1) is 6.10 Å². The van der Waals surface area contributed by atoms with Gasteiger partial charge in [0, 0.05) is 25.7 Å². The number of rotatable bonds is 4. The predicted molar refractivity (Wildman–Crippen MR) is 71.3 cm³/mol. The van der Waals surface area contributed by atoms with E-state index in [0.717, 1.165) is 12.5 Å². The molecule has 2 aliphatic rings. The second-order valence-electron chi connectivity index (χ2n) is 5.68. The van der Waals surface area contributed by atoms with Crippen LogP contribution < -0.4 is 5.32 Å². The summed E-state index contributed by atoms with van der Waals surface area (Å²) in [5.41, 5.74) is 0. The molecule has 17 heavy (non-hydrogen) atoms. The molecule has 1 N–H and O–H groups in total. The van der Waals surface area contributed by atoms with Crippen LogP contribution in [0.15, 0.2) is 0 Å². The summed E-state index contributed by atoms with van der Waals surface area (Å²) in [7, 11) is 0. The Hall–Kier alpha value is -0.120. The molecule has 0 bridgehead atoms. The van der Waals surface area contributed by atoms with Gasteiger partial charge in [-0.15, -0.1) is 0 Å². The minimum Gasteiger partial charge on any atom is -0.378 e. The van der Waals surface area contributed by atoms with Crippen molar-refractivity contribution in [1.29, 1.82) is 0 Å². The summed E-state index contributed by atoms with van der Waals surface area (Å²) in [6.07, 6.45) is 5.61. The number of nitrogens with one attached hydrogen (secondary N) is 1. The van der Waals surface area contributed by atoms with Gasteiger partial charge in [0.25, 0.3) is 0 Å². The Morgan fingerprint density at radius 1 is 1.41 bits per heavy atom. The fraction of sp³-hybridized carbons (Fsp3) is 1.00. The molecule has 2 heterocycles. The Balaban J connectivity index is 1.81. The number of hydrogen-bond donors (Lipinski definition) is 1. The van der Waals surface area contributed by atoms with E-state index >= 15 is 0 Å². The molecule has 0 aromatic heterocycles. The molecule has 0 spiro atoms. The van der Waals surface area contributed by atoms with Gasteiger partial charge in [-0.25, -0.2) is 0 Å². The van der Waals surface area contributed by atoms with Crippen molar-refractivity contribution >= 4 is 0 Å². The molecule has 3 nitrogen and oxygen atoms in total. The van der Waals surface area contributed by atoms with E-state index in [2.05, 4.69) is 24.1 Å². The van der Waals surface area contributed by atoms with Crippen molar-refractivity contribution in [1.82, 2.24) is 10.2 Å². The normalized spacial score (nSPS) is 36.0. The van der Waals surface area contributed by atoms with Crippen LogP contribution in [0.2, 0.25) is 0 Å². The molecule has 0 amide bonds. The summed E-state index contributed by atoms with van der Waals surface area (Å²) in [5, 5.41) is 3.68. The van der Waals surface area contributed by atoms with Crippen LogP contribution in [-0.2, 0) is 4.74 Å². The molecule has 0 aromatic carbocycles. The first-order chi connectivity index (χ1) is 8.29. The molecule has 3 atom stereocenters. The van der Waals surface area contributed by atoms with Crippen molar-refractivity contribution in [3.8, 4) is 0 Å². The fourth-order valence-electron chi connectivity index (χ4n) is 3.13.